The maximum atomic E-state index is 11.5. The van der Waals surface area contributed by atoms with E-state index in [0.29, 0.717) is 6.04 Å². The van der Waals surface area contributed by atoms with Crippen LogP contribution in [0.25, 0.3) is 0 Å². The first kappa shape index (κ1) is 14.3. The highest BCUT2D eigenvalue weighted by Crippen LogP contribution is 2.17. The van der Waals surface area contributed by atoms with Crippen LogP contribution in [-0.2, 0) is 0 Å². The van der Waals surface area contributed by atoms with Gasteiger partial charge in [-0.15, -0.1) is 0 Å². The molecule has 0 spiro atoms. The summed E-state index contributed by atoms with van der Waals surface area (Å²) in [5, 5.41) is 5.97. The Morgan fingerprint density at radius 1 is 1.24 bits per heavy atom. The number of amides is 2. The molecule has 0 aliphatic heterocycles. The van der Waals surface area contributed by atoms with Crippen LogP contribution in [0.4, 0.5) is 4.79 Å². The van der Waals surface area contributed by atoms with Crippen LogP contribution in [0.1, 0.15) is 46.0 Å². The summed E-state index contributed by atoms with van der Waals surface area (Å²) < 4.78 is 0. The van der Waals surface area contributed by atoms with Crippen molar-refractivity contribution in [3.63, 3.8) is 0 Å². The number of carbonyl (C=O) groups excluding carboxylic acids is 1. The predicted molar refractivity (Wildman–Crippen MR) is 71.2 cm³/mol. The third-order valence-corrected chi connectivity index (χ3v) is 3.52. The molecule has 2 amide bonds. The standard InChI is InChI=1S/C13H27N3O/c1-3-16(4-2)11-7-10-14-13(17)15-12-8-5-6-9-12/h12H,3-11H2,1-2H3,(H2,14,15,17). The number of carbonyl (C=O) groups is 1. The van der Waals surface area contributed by atoms with Gasteiger partial charge in [0.2, 0.25) is 0 Å². The summed E-state index contributed by atoms with van der Waals surface area (Å²) in [7, 11) is 0. The van der Waals surface area contributed by atoms with Crippen LogP contribution in [0.3, 0.4) is 0 Å². The summed E-state index contributed by atoms with van der Waals surface area (Å²) in [5.41, 5.74) is 0. The lowest BCUT2D eigenvalue weighted by Crippen LogP contribution is -2.41. The fourth-order valence-corrected chi connectivity index (χ4v) is 2.35. The molecule has 4 heteroatoms. The van der Waals surface area contributed by atoms with Crippen LogP contribution in [-0.4, -0.2) is 43.2 Å². The summed E-state index contributed by atoms with van der Waals surface area (Å²) in [6, 6.07) is 0.425. The van der Waals surface area contributed by atoms with Gasteiger partial charge >= 0.3 is 6.03 Å². The monoisotopic (exact) mass is 241 g/mol. The van der Waals surface area contributed by atoms with E-state index in [0.717, 1.165) is 45.4 Å². The Morgan fingerprint density at radius 2 is 1.88 bits per heavy atom. The van der Waals surface area contributed by atoms with Crippen LogP contribution >= 0.6 is 0 Å². The Bertz CT molecular complexity index is 211. The van der Waals surface area contributed by atoms with E-state index in [-0.39, 0.29) is 6.03 Å². The van der Waals surface area contributed by atoms with Gasteiger partial charge in [0.05, 0.1) is 0 Å². The lowest BCUT2D eigenvalue weighted by atomic mass is 10.2. The molecule has 0 saturated heterocycles. The van der Waals surface area contributed by atoms with E-state index in [2.05, 4.69) is 29.4 Å². The molecular formula is C13H27N3O. The van der Waals surface area contributed by atoms with E-state index >= 15 is 0 Å². The molecule has 0 aromatic carbocycles. The lowest BCUT2D eigenvalue weighted by molar-refractivity contribution is 0.235. The SMILES string of the molecule is CCN(CC)CCCNC(=O)NC1CCCC1. The van der Waals surface area contributed by atoms with Crippen LogP contribution < -0.4 is 10.6 Å². The highest BCUT2D eigenvalue weighted by atomic mass is 16.2. The van der Waals surface area contributed by atoms with Crippen molar-refractivity contribution in [3.8, 4) is 0 Å². The molecule has 0 heterocycles. The van der Waals surface area contributed by atoms with E-state index < -0.39 is 0 Å². The van der Waals surface area contributed by atoms with Gasteiger partial charge in [0, 0.05) is 12.6 Å². The average Bonchev–Trinajstić information content (AvgIpc) is 2.82. The minimum atomic E-state index is 0.0106. The van der Waals surface area contributed by atoms with Crippen molar-refractivity contribution < 1.29 is 4.79 Å². The van der Waals surface area contributed by atoms with E-state index in [1.54, 1.807) is 0 Å². The first-order valence-electron chi connectivity index (χ1n) is 7.03. The maximum Gasteiger partial charge on any atom is 0.315 e. The van der Waals surface area contributed by atoms with Gasteiger partial charge in [0.25, 0.3) is 0 Å². The quantitative estimate of drug-likeness (QED) is 0.669. The minimum Gasteiger partial charge on any atom is -0.338 e. The molecule has 1 aliphatic rings. The molecule has 0 bridgehead atoms. The lowest BCUT2D eigenvalue weighted by Gasteiger charge is -2.18. The van der Waals surface area contributed by atoms with Crippen LogP contribution in [0.5, 0.6) is 0 Å². The second-order valence-electron chi connectivity index (χ2n) is 4.76. The topological polar surface area (TPSA) is 44.4 Å². The number of urea groups is 1. The molecule has 0 aromatic heterocycles. The van der Waals surface area contributed by atoms with Gasteiger partial charge in [0.15, 0.2) is 0 Å². The Morgan fingerprint density at radius 3 is 2.47 bits per heavy atom. The number of nitrogens with one attached hydrogen (secondary N) is 2. The first-order chi connectivity index (χ1) is 8.26. The van der Waals surface area contributed by atoms with E-state index in [1.807, 2.05) is 0 Å². The fraction of sp³-hybridized carbons (Fsp3) is 0.923. The largest absolute Gasteiger partial charge is 0.338 e. The van der Waals surface area contributed by atoms with Crippen molar-refractivity contribution in [2.24, 2.45) is 0 Å². The molecule has 4 nitrogen and oxygen atoms in total. The summed E-state index contributed by atoms with van der Waals surface area (Å²) in [6.07, 6.45) is 5.83. The molecule has 2 N–H and O–H groups in total. The van der Waals surface area contributed by atoms with Gasteiger partial charge in [-0.3, -0.25) is 0 Å². The highest BCUT2D eigenvalue weighted by molar-refractivity contribution is 5.74. The van der Waals surface area contributed by atoms with Crippen molar-refractivity contribution in [3.05, 3.63) is 0 Å². The zero-order valence-electron chi connectivity index (χ0n) is 11.3. The fourth-order valence-electron chi connectivity index (χ4n) is 2.35. The minimum absolute atomic E-state index is 0.0106. The smallest absolute Gasteiger partial charge is 0.315 e. The second kappa shape index (κ2) is 8.34. The number of hydrogen-bond acceptors (Lipinski definition) is 2. The van der Waals surface area contributed by atoms with Crippen molar-refractivity contribution in [2.45, 2.75) is 52.0 Å². The molecule has 1 saturated carbocycles. The van der Waals surface area contributed by atoms with E-state index in [4.69, 9.17) is 0 Å². The number of hydrogen-bond donors (Lipinski definition) is 2. The molecule has 0 aromatic rings. The molecule has 0 unspecified atom stereocenters. The average molecular weight is 241 g/mol. The van der Waals surface area contributed by atoms with Gasteiger partial charge in [-0.1, -0.05) is 26.7 Å². The Hall–Kier alpha value is -0.770. The number of rotatable bonds is 7. The van der Waals surface area contributed by atoms with E-state index in [9.17, 15) is 4.79 Å². The van der Waals surface area contributed by atoms with Gasteiger partial charge in [-0.25, -0.2) is 4.79 Å². The highest BCUT2D eigenvalue weighted by Gasteiger charge is 2.16. The summed E-state index contributed by atoms with van der Waals surface area (Å²) in [5.74, 6) is 0. The molecule has 17 heavy (non-hydrogen) atoms. The van der Waals surface area contributed by atoms with E-state index in [1.165, 1.54) is 12.8 Å². The summed E-state index contributed by atoms with van der Waals surface area (Å²) in [4.78, 5) is 13.9. The van der Waals surface area contributed by atoms with Crippen molar-refractivity contribution >= 4 is 6.03 Å². The zero-order chi connectivity index (χ0) is 12.5. The third-order valence-electron chi connectivity index (χ3n) is 3.52. The van der Waals surface area contributed by atoms with Crippen LogP contribution in [0, 0.1) is 0 Å². The molecule has 0 radical (unpaired) electrons. The second-order valence-corrected chi connectivity index (χ2v) is 4.76. The molecular weight excluding hydrogens is 214 g/mol. The van der Waals surface area contributed by atoms with Gasteiger partial charge in [0.1, 0.15) is 0 Å². The van der Waals surface area contributed by atoms with Crippen LogP contribution in [0.15, 0.2) is 0 Å². The Kier molecular flexibility index (Phi) is 7.01. The van der Waals surface area contributed by atoms with Crippen LogP contribution in [0.2, 0.25) is 0 Å². The number of nitrogens with zero attached hydrogens (tertiary/aromatic N) is 1. The third kappa shape index (κ3) is 5.91. The molecule has 0 atom stereocenters. The summed E-state index contributed by atoms with van der Waals surface area (Å²) in [6.45, 7) is 8.36. The van der Waals surface area contributed by atoms with Crippen molar-refractivity contribution in [1.82, 2.24) is 15.5 Å². The van der Waals surface area contributed by atoms with Crippen molar-refractivity contribution in [2.75, 3.05) is 26.2 Å². The maximum absolute atomic E-state index is 11.5. The normalized spacial score (nSPS) is 16.4. The molecule has 100 valence electrons. The molecule has 1 fully saturated rings. The van der Waals surface area contributed by atoms with Gasteiger partial charge in [-0.2, -0.15) is 0 Å². The van der Waals surface area contributed by atoms with Gasteiger partial charge < -0.3 is 15.5 Å². The van der Waals surface area contributed by atoms with Gasteiger partial charge in [-0.05, 0) is 38.9 Å². The molecule has 1 aliphatic carbocycles. The Balaban J connectivity index is 1.99. The Labute approximate surface area is 105 Å². The predicted octanol–water partition coefficient (Wildman–Crippen LogP) is 1.96. The summed E-state index contributed by atoms with van der Waals surface area (Å²) >= 11 is 0. The zero-order valence-corrected chi connectivity index (χ0v) is 11.3. The first-order valence-corrected chi connectivity index (χ1v) is 7.03. The molecule has 1 rings (SSSR count). The van der Waals surface area contributed by atoms with Crippen molar-refractivity contribution in [1.29, 1.82) is 0 Å².